The molecular weight excluding hydrogens is 297 g/mol. The van der Waals surface area contributed by atoms with Gasteiger partial charge in [0, 0.05) is 25.7 Å². The predicted octanol–water partition coefficient (Wildman–Crippen LogP) is 1.59. The third-order valence-electron chi connectivity index (χ3n) is 2.77. The Balaban J connectivity index is 4.40. The normalized spacial score (nSPS) is 13.9. The summed E-state index contributed by atoms with van der Waals surface area (Å²) in [6.07, 6.45) is 0.370. The van der Waals surface area contributed by atoms with Gasteiger partial charge in [-0.05, 0) is 57.9 Å². The summed E-state index contributed by atoms with van der Waals surface area (Å²) >= 11 is 11.3. The summed E-state index contributed by atoms with van der Waals surface area (Å²) in [6, 6.07) is 0. The Morgan fingerprint density at radius 2 is 1.56 bits per heavy atom. The first-order valence-corrected chi connectivity index (χ1v) is 7.98. The first-order valence-electron chi connectivity index (χ1n) is 5.69. The van der Waals surface area contributed by atoms with Crippen molar-refractivity contribution in [2.75, 3.05) is 40.0 Å². The molecule has 0 heterocycles. The molecule has 0 amide bonds. The van der Waals surface area contributed by atoms with Gasteiger partial charge in [0.05, 0.1) is 5.75 Å². The quantitative estimate of drug-likeness (QED) is 0.637. The smallest absolute Gasteiger partial charge is 0.213 e. The maximum absolute atomic E-state index is 12.0. The molecule has 0 aromatic carbocycles. The highest BCUT2D eigenvalue weighted by Crippen LogP contribution is 2.24. The van der Waals surface area contributed by atoms with E-state index in [4.69, 9.17) is 23.6 Å². The molecule has 0 bridgehead atoms. The molecule has 0 atom stereocenters. The summed E-state index contributed by atoms with van der Waals surface area (Å²) in [4.78, 5) is 1.94. The van der Waals surface area contributed by atoms with Gasteiger partial charge in [-0.2, -0.15) is 0 Å². The van der Waals surface area contributed by atoms with E-state index >= 15 is 0 Å². The Bertz CT molecular complexity index is 345. The molecule has 0 N–H and O–H groups in total. The number of rotatable bonds is 8. The fraction of sp³-hybridized carbons (Fsp3) is 1.00. The number of likely N-dealkylation sites (N-methyl/N-ethyl adjacent to an activating group) is 2. The standard InChI is InChI=1S/C10H23Cl2N3O2S/c1-10(2,15(11)12)6-9-18(16,17)14(5)8-7-13(3)4/h6-9H2,1-5H3. The molecular formula is C10H23Cl2N3O2S. The van der Waals surface area contributed by atoms with Crippen LogP contribution < -0.4 is 0 Å². The van der Waals surface area contributed by atoms with E-state index in [-0.39, 0.29) is 5.75 Å². The summed E-state index contributed by atoms with van der Waals surface area (Å²) in [6.45, 7) is 4.75. The van der Waals surface area contributed by atoms with Crippen molar-refractivity contribution in [2.45, 2.75) is 25.8 Å². The summed E-state index contributed by atoms with van der Waals surface area (Å²) in [5, 5.41) is 0. The number of sulfonamides is 1. The van der Waals surface area contributed by atoms with Gasteiger partial charge in [0.2, 0.25) is 10.0 Å². The highest BCUT2D eigenvalue weighted by atomic mass is 35.5. The zero-order valence-electron chi connectivity index (χ0n) is 11.7. The molecule has 0 saturated heterocycles. The minimum absolute atomic E-state index is 0.0276. The van der Waals surface area contributed by atoms with Crippen molar-refractivity contribution in [3.8, 4) is 0 Å². The monoisotopic (exact) mass is 319 g/mol. The van der Waals surface area contributed by atoms with Gasteiger partial charge in [-0.25, -0.2) is 12.7 Å². The van der Waals surface area contributed by atoms with Crippen molar-refractivity contribution >= 4 is 33.6 Å². The Morgan fingerprint density at radius 3 is 1.94 bits per heavy atom. The molecule has 0 saturated carbocycles. The number of hydrogen-bond acceptors (Lipinski definition) is 4. The first-order chi connectivity index (χ1) is 7.99. The molecule has 0 aromatic rings. The van der Waals surface area contributed by atoms with Crippen LogP contribution in [0.1, 0.15) is 20.3 Å². The van der Waals surface area contributed by atoms with Gasteiger partial charge in [0.25, 0.3) is 0 Å². The van der Waals surface area contributed by atoms with Crippen LogP contribution in [-0.2, 0) is 10.0 Å². The van der Waals surface area contributed by atoms with Crippen molar-refractivity contribution in [3.63, 3.8) is 0 Å². The lowest BCUT2D eigenvalue weighted by molar-refractivity contribution is 0.333. The van der Waals surface area contributed by atoms with Gasteiger partial charge >= 0.3 is 0 Å². The maximum Gasteiger partial charge on any atom is 0.213 e. The van der Waals surface area contributed by atoms with Crippen LogP contribution in [0.25, 0.3) is 0 Å². The van der Waals surface area contributed by atoms with Gasteiger partial charge in [0.15, 0.2) is 0 Å². The fourth-order valence-electron chi connectivity index (χ4n) is 1.10. The van der Waals surface area contributed by atoms with Gasteiger partial charge < -0.3 is 4.90 Å². The lowest BCUT2D eigenvalue weighted by Crippen LogP contribution is -2.39. The average Bonchev–Trinajstić information content (AvgIpc) is 2.23. The van der Waals surface area contributed by atoms with Crippen molar-refractivity contribution in [1.82, 2.24) is 13.1 Å². The fourth-order valence-corrected chi connectivity index (χ4v) is 2.70. The van der Waals surface area contributed by atoms with Gasteiger partial charge in [-0.15, -0.1) is 3.94 Å². The Kier molecular flexibility index (Phi) is 7.43. The van der Waals surface area contributed by atoms with Gasteiger partial charge in [-0.3, -0.25) is 0 Å². The van der Waals surface area contributed by atoms with E-state index in [0.717, 1.165) is 3.94 Å². The molecule has 8 heteroatoms. The molecule has 18 heavy (non-hydrogen) atoms. The molecule has 0 aromatic heterocycles. The second kappa shape index (κ2) is 7.26. The Hall–Kier alpha value is 0.410. The van der Waals surface area contributed by atoms with Crippen LogP contribution in [0.3, 0.4) is 0 Å². The topological polar surface area (TPSA) is 43.9 Å². The second-order valence-corrected chi connectivity index (χ2v) is 8.28. The van der Waals surface area contributed by atoms with Crippen molar-refractivity contribution in [1.29, 1.82) is 0 Å². The zero-order valence-corrected chi connectivity index (χ0v) is 14.0. The van der Waals surface area contributed by atoms with Crippen LogP contribution >= 0.6 is 23.6 Å². The summed E-state index contributed by atoms with van der Waals surface area (Å²) in [5.74, 6) is 0.0276. The van der Waals surface area contributed by atoms with Crippen LogP contribution in [-0.4, -0.2) is 67.1 Å². The summed E-state index contributed by atoms with van der Waals surface area (Å²) < 4.78 is 26.4. The van der Waals surface area contributed by atoms with Crippen LogP contribution in [0.15, 0.2) is 0 Å². The largest absolute Gasteiger partial charge is 0.308 e. The zero-order chi connectivity index (χ0) is 14.6. The molecule has 0 radical (unpaired) electrons. The van der Waals surface area contributed by atoms with Crippen LogP contribution in [0, 0.1) is 0 Å². The van der Waals surface area contributed by atoms with E-state index in [2.05, 4.69) is 0 Å². The van der Waals surface area contributed by atoms with E-state index in [1.807, 2.05) is 19.0 Å². The highest BCUT2D eigenvalue weighted by Gasteiger charge is 2.28. The third kappa shape index (κ3) is 6.54. The summed E-state index contributed by atoms with van der Waals surface area (Å²) in [5.41, 5.74) is -0.571. The van der Waals surface area contributed by atoms with Crippen molar-refractivity contribution in [2.24, 2.45) is 0 Å². The van der Waals surface area contributed by atoms with Gasteiger partial charge in [-0.1, -0.05) is 0 Å². The highest BCUT2D eigenvalue weighted by molar-refractivity contribution is 7.89. The Labute approximate surface area is 121 Å². The predicted molar refractivity (Wildman–Crippen MR) is 77.2 cm³/mol. The van der Waals surface area contributed by atoms with E-state index in [9.17, 15) is 8.42 Å². The lowest BCUT2D eigenvalue weighted by atomic mass is 10.0. The molecule has 0 fully saturated rings. The summed E-state index contributed by atoms with van der Waals surface area (Å²) in [7, 11) is 2.14. The number of halogens is 2. The molecule has 0 aliphatic heterocycles. The van der Waals surface area contributed by atoms with E-state index in [1.165, 1.54) is 4.31 Å². The van der Waals surface area contributed by atoms with E-state index in [1.54, 1.807) is 20.9 Å². The minimum Gasteiger partial charge on any atom is -0.308 e. The van der Waals surface area contributed by atoms with Crippen LogP contribution in [0.5, 0.6) is 0 Å². The molecule has 0 unspecified atom stereocenters. The van der Waals surface area contributed by atoms with E-state index in [0.29, 0.717) is 19.5 Å². The van der Waals surface area contributed by atoms with Crippen molar-refractivity contribution < 1.29 is 8.42 Å². The minimum atomic E-state index is -3.26. The molecule has 0 rings (SSSR count). The molecule has 0 aliphatic rings. The van der Waals surface area contributed by atoms with Crippen LogP contribution in [0.4, 0.5) is 0 Å². The first kappa shape index (κ1) is 18.4. The van der Waals surface area contributed by atoms with Crippen molar-refractivity contribution in [3.05, 3.63) is 0 Å². The SMILES string of the molecule is CN(C)CCN(C)S(=O)(=O)CCC(C)(C)N(Cl)Cl. The van der Waals surface area contributed by atoms with Gasteiger partial charge in [0.1, 0.15) is 0 Å². The number of hydrogen-bond donors (Lipinski definition) is 0. The lowest BCUT2D eigenvalue weighted by Gasteiger charge is -2.28. The molecule has 0 spiro atoms. The second-order valence-electron chi connectivity index (χ2n) is 5.24. The molecule has 5 nitrogen and oxygen atoms in total. The van der Waals surface area contributed by atoms with Crippen LogP contribution in [0.2, 0.25) is 0 Å². The Morgan fingerprint density at radius 1 is 1.06 bits per heavy atom. The van der Waals surface area contributed by atoms with E-state index < -0.39 is 15.6 Å². The molecule has 110 valence electrons. The maximum atomic E-state index is 12.0. The third-order valence-corrected chi connectivity index (χ3v) is 5.53. The average molecular weight is 320 g/mol. The number of nitrogens with zero attached hydrogens (tertiary/aromatic N) is 3. The molecule has 0 aliphatic carbocycles.